The Labute approximate surface area is 216 Å². The Morgan fingerprint density at radius 3 is 2.39 bits per heavy atom. The molecule has 1 heterocycles. The number of aliphatic imine (C=N–C) groups is 1. The molecule has 0 spiro atoms. The first-order chi connectivity index (χ1) is 15.8. The standard InChI is InChI=1S/C26H38N4O2.HI/c1-3-31-16-17-32-21-24-11-7-10-23(18-24)19-28-26(27-2)29-25-12-14-30(15-13-25)20-22-8-5-4-6-9-22;/h4-11,18,25H,3,12-17,19-21H2,1-2H3,(H2,27,28,29);1H. The summed E-state index contributed by atoms with van der Waals surface area (Å²) in [6.07, 6.45) is 2.25. The van der Waals surface area contributed by atoms with Gasteiger partial charge in [0.05, 0.1) is 19.8 Å². The number of rotatable bonds is 11. The molecule has 1 aliphatic heterocycles. The van der Waals surface area contributed by atoms with E-state index < -0.39 is 0 Å². The lowest BCUT2D eigenvalue weighted by Gasteiger charge is -2.33. The minimum absolute atomic E-state index is 0. The average Bonchev–Trinajstić information content (AvgIpc) is 2.83. The minimum atomic E-state index is 0. The SMILES string of the molecule is CCOCCOCc1cccc(CNC(=NC)NC2CCN(Cc3ccccc3)CC2)c1.I. The van der Waals surface area contributed by atoms with Crippen LogP contribution in [0.4, 0.5) is 0 Å². The first kappa shape index (κ1) is 27.6. The first-order valence-electron chi connectivity index (χ1n) is 11.7. The van der Waals surface area contributed by atoms with E-state index in [2.05, 4.69) is 75.1 Å². The van der Waals surface area contributed by atoms with Gasteiger partial charge >= 0.3 is 0 Å². The van der Waals surface area contributed by atoms with Gasteiger partial charge in [-0.15, -0.1) is 24.0 Å². The van der Waals surface area contributed by atoms with Crippen molar-refractivity contribution in [2.24, 2.45) is 4.99 Å². The predicted molar refractivity (Wildman–Crippen MR) is 146 cm³/mol. The Morgan fingerprint density at radius 2 is 1.67 bits per heavy atom. The Morgan fingerprint density at radius 1 is 0.970 bits per heavy atom. The van der Waals surface area contributed by atoms with Crippen LogP contribution in [0.5, 0.6) is 0 Å². The molecule has 1 saturated heterocycles. The van der Waals surface area contributed by atoms with E-state index in [0.29, 0.717) is 25.9 Å². The molecular weight excluding hydrogens is 527 g/mol. The van der Waals surface area contributed by atoms with Gasteiger partial charge < -0.3 is 20.1 Å². The summed E-state index contributed by atoms with van der Waals surface area (Å²) in [5.74, 6) is 0.866. The fourth-order valence-corrected chi connectivity index (χ4v) is 3.93. The molecule has 1 aliphatic rings. The van der Waals surface area contributed by atoms with Crippen molar-refractivity contribution in [2.75, 3.05) is 40.0 Å². The van der Waals surface area contributed by atoms with E-state index >= 15 is 0 Å². The van der Waals surface area contributed by atoms with E-state index in [9.17, 15) is 0 Å². The van der Waals surface area contributed by atoms with Gasteiger partial charge in [-0.05, 0) is 36.5 Å². The molecule has 0 amide bonds. The Balaban J connectivity index is 0.00000385. The summed E-state index contributed by atoms with van der Waals surface area (Å²) in [6.45, 7) is 8.58. The molecule has 2 N–H and O–H groups in total. The van der Waals surface area contributed by atoms with Gasteiger partial charge in [0, 0.05) is 45.9 Å². The zero-order valence-electron chi connectivity index (χ0n) is 20.0. The lowest BCUT2D eigenvalue weighted by molar-refractivity contribution is 0.0453. The van der Waals surface area contributed by atoms with Crippen LogP contribution in [0.3, 0.4) is 0 Å². The monoisotopic (exact) mass is 566 g/mol. The van der Waals surface area contributed by atoms with Crippen LogP contribution >= 0.6 is 24.0 Å². The molecule has 0 unspecified atom stereocenters. The number of ether oxygens (including phenoxy) is 2. The third-order valence-corrected chi connectivity index (χ3v) is 5.70. The van der Waals surface area contributed by atoms with Crippen molar-refractivity contribution >= 4 is 29.9 Å². The van der Waals surface area contributed by atoms with Crippen molar-refractivity contribution in [3.63, 3.8) is 0 Å². The fraction of sp³-hybridized carbons (Fsp3) is 0.500. The fourth-order valence-electron chi connectivity index (χ4n) is 3.93. The van der Waals surface area contributed by atoms with Crippen LogP contribution < -0.4 is 10.6 Å². The molecule has 7 heteroatoms. The van der Waals surface area contributed by atoms with E-state index in [4.69, 9.17) is 9.47 Å². The Kier molecular flexibility index (Phi) is 13.4. The highest BCUT2D eigenvalue weighted by atomic mass is 127. The Hall–Kier alpha value is -1.68. The van der Waals surface area contributed by atoms with Gasteiger partial charge in [0.25, 0.3) is 0 Å². The van der Waals surface area contributed by atoms with Gasteiger partial charge in [-0.2, -0.15) is 0 Å². The number of hydrogen-bond donors (Lipinski definition) is 2. The van der Waals surface area contributed by atoms with E-state index in [1.165, 1.54) is 16.7 Å². The van der Waals surface area contributed by atoms with Gasteiger partial charge in [0.1, 0.15) is 0 Å². The van der Waals surface area contributed by atoms with Crippen molar-refractivity contribution in [1.29, 1.82) is 0 Å². The van der Waals surface area contributed by atoms with Crippen LogP contribution in [0.1, 0.15) is 36.5 Å². The molecule has 0 bridgehead atoms. The van der Waals surface area contributed by atoms with Crippen LogP contribution in [0.15, 0.2) is 59.6 Å². The summed E-state index contributed by atoms with van der Waals surface area (Å²) < 4.78 is 11.0. The second kappa shape index (κ2) is 16.0. The minimum Gasteiger partial charge on any atom is -0.379 e. The van der Waals surface area contributed by atoms with Crippen LogP contribution in [-0.4, -0.2) is 56.9 Å². The first-order valence-corrected chi connectivity index (χ1v) is 11.7. The second-order valence-corrected chi connectivity index (χ2v) is 8.18. The molecule has 182 valence electrons. The van der Waals surface area contributed by atoms with Gasteiger partial charge in [-0.3, -0.25) is 9.89 Å². The molecular formula is C26H39IN4O2. The number of halogens is 1. The van der Waals surface area contributed by atoms with Crippen molar-refractivity contribution in [2.45, 2.75) is 45.5 Å². The molecule has 1 fully saturated rings. The number of nitrogens with one attached hydrogen (secondary N) is 2. The second-order valence-electron chi connectivity index (χ2n) is 8.18. The van der Waals surface area contributed by atoms with Gasteiger partial charge in [0.15, 0.2) is 5.96 Å². The van der Waals surface area contributed by atoms with Crippen molar-refractivity contribution in [3.8, 4) is 0 Å². The highest BCUT2D eigenvalue weighted by Crippen LogP contribution is 2.14. The molecule has 0 atom stereocenters. The molecule has 0 saturated carbocycles. The topological polar surface area (TPSA) is 58.1 Å². The van der Waals surface area contributed by atoms with E-state index in [-0.39, 0.29) is 24.0 Å². The van der Waals surface area contributed by atoms with Crippen molar-refractivity contribution in [1.82, 2.24) is 15.5 Å². The van der Waals surface area contributed by atoms with Crippen LogP contribution in [0.25, 0.3) is 0 Å². The van der Waals surface area contributed by atoms with E-state index in [1.807, 2.05) is 14.0 Å². The summed E-state index contributed by atoms with van der Waals surface area (Å²) in [5, 5.41) is 7.06. The molecule has 33 heavy (non-hydrogen) atoms. The maximum atomic E-state index is 5.68. The highest BCUT2D eigenvalue weighted by Gasteiger charge is 2.20. The van der Waals surface area contributed by atoms with Crippen LogP contribution in [0.2, 0.25) is 0 Å². The number of benzene rings is 2. The molecule has 2 aromatic carbocycles. The summed E-state index contributed by atoms with van der Waals surface area (Å²) in [7, 11) is 1.84. The van der Waals surface area contributed by atoms with E-state index in [0.717, 1.165) is 51.6 Å². The third-order valence-electron chi connectivity index (χ3n) is 5.70. The van der Waals surface area contributed by atoms with E-state index in [1.54, 1.807) is 0 Å². The lowest BCUT2D eigenvalue weighted by Crippen LogP contribution is -2.48. The molecule has 0 aliphatic carbocycles. The smallest absolute Gasteiger partial charge is 0.191 e. The van der Waals surface area contributed by atoms with Gasteiger partial charge in [0.2, 0.25) is 0 Å². The summed E-state index contributed by atoms with van der Waals surface area (Å²) in [6, 6.07) is 19.7. The number of guanidine groups is 1. The zero-order chi connectivity index (χ0) is 22.4. The largest absolute Gasteiger partial charge is 0.379 e. The lowest BCUT2D eigenvalue weighted by atomic mass is 10.0. The van der Waals surface area contributed by atoms with Crippen LogP contribution in [0, 0.1) is 0 Å². The number of likely N-dealkylation sites (tertiary alicyclic amines) is 1. The summed E-state index contributed by atoms with van der Waals surface area (Å²) in [4.78, 5) is 6.96. The van der Waals surface area contributed by atoms with Crippen molar-refractivity contribution in [3.05, 3.63) is 71.3 Å². The molecule has 6 nitrogen and oxygen atoms in total. The normalized spacial score (nSPS) is 15.2. The average molecular weight is 567 g/mol. The third kappa shape index (κ3) is 10.4. The summed E-state index contributed by atoms with van der Waals surface area (Å²) >= 11 is 0. The van der Waals surface area contributed by atoms with Crippen LogP contribution in [-0.2, 0) is 29.2 Å². The molecule has 0 radical (unpaired) electrons. The van der Waals surface area contributed by atoms with Gasteiger partial charge in [-0.1, -0.05) is 54.6 Å². The molecule has 2 aromatic rings. The molecule has 0 aromatic heterocycles. The Bertz CT molecular complexity index is 811. The zero-order valence-corrected chi connectivity index (χ0v) is 22.3. The number of nitrogens with zero attached hydrogens (tertiary/aromatic N) is 2. The summed E-state index contributed by atoms with van der Waals surface area (Å²) in [5.41, 5.74) is 3.78. The molecule has 3 rings (SSSR count). The number of hydrogen-bond acceptors (Lipinski definition) is 4. The maximum absolute atomic E-state index is 5.68. The maximum Gasteiger partial charge on any atom is 0.191 e. The van der Waals surface area contributed by atoms with Crippen molar-refractivity contribution < 1.29 is 9.47 Å². The van der Waals surface area contributed by atoms with Gasteiger partial charge in [-0.25, -0.2) is 0 Å². The number of piperidine rings is 1. The highest BCUT2D eigenvalue weighted by molar-refractivity contribution is 14.0. The quantitative estimate of drug-likeness (QED) is 0.185. The predicted octanol–water partition coefficient (Wildman–Crippen LogP) is 4.19.